The van der Waals surface area contributed by atoms with Crippen LogP contribution in [0.3, 0.4) is 0 Å². The van der Waals surface area contributed by atoms with Gasteiger partial charge in [-0.25, -0.2) is 0 Å². The molecule has 1 aliphatic carbocycles. The zero-order valence-corrected chi connectivity index (χ0v) is 23.5. The van der Waals surface area contributed by atoms with Crippen LogP contribution < -0.4 is 10.2 Å². The predicted molar refractivity (Wildman–Crippen MR) is 157 cm³/mol. The molecule has 0 radical (unpaired) electrons. The molecule has 0 aromatic heterocycles. The second-order valence-electron chi connectivity index (χ2n) is 11.9. The van der Waals surface area contributed by atoms with Crippen molar-refractivity contribution in [3.63, 3.8) is 0 Å². The van der Waals surface area contributed by atoms with Gasteiger partial charge in [-0.1, -0.05) is 87.0 Å². The Balaban J connectivity index is 1.63. The summed E-state index contributed by atoms with van der Waals surface area (Å²) in [6.45, 7) is 8.55. The summed E-state index contributed by atoms with van der Waals surface area (Å²) in [5, 5.41) is 12.8. The Hall–Kier alpha value is -4.19. The number of Topliss-reactive ketones (excluding diaryl/α,β-unsaturated/α-hetero) is 1. The summed E-state index contributed by atoms with van der Waals surface area (Å²) in [4.78, 5) is 40.8. The lowest BCUT2D eigenvalue weighted by molar-refractivity contribution is -0.138. The number of carbonyl (C=O) groups is 3. The second-order valence-corrected chi connectivity index (χ2v) is 11.9. The predicted octanol–water partition coefficient (Wildman–Crippen LogP) is 7.06. The first kappa shape index (κ1) is 27.4. The fraction of sp³-hybridized carbons (Fsp3) is 0.324. The van der Waals surface area contributed by atoms with Crippen LogP contribution in [0.5, 0.6) is 0 Å². The molecule has 6 nitrogen and oxygen atoms in total. The first-order valence-electron chi connectivity index (χ1n) is 13.9. The highest BCUT2D eigenvalue weighted by atomic mass is 16.4. The van der Waals surface area contributed by atoms with Crippen LogP contribution in [0, 0.1) is 6.92 Å². The number of benzene rings is 3. The third kappa shape index (κ3) is 5.44. The molecule has 0 saturated heterocycles. The molecular formula is C34H36N2O4. The molecule has 6 heteroatoms. The SMILES string of the molecule is Cc1ccc([C@H]2C3=C(C[C@H](c4ccc(C(C)(C)C)cc4)CC3=O)Nc3ccccc3N2C(=O)CCC(=O)O)cc1. The topological polar surface area (TPSA) is 86.7 Å². The van der Waals surface area contributed by atoms with Gasteiger partial charge in [0.1, 0.15) is 0 Å². The van der Waals surface area contributed by atoms with E-state index in [2.05, 4.69) is 50.4 Å². The number of allylic oxidation sites excluding steroid dienone is 1. The van der Waals surface area contributed by atoms with E-state index in [-0.39, 0.29) is 35.9 Å². The number of carboxylic acid groups (broad SMARTS) is 1. The van der Waals surface area contributed by atoms with E-state index in [0.717, 1.165) is 28.1 Å². The number of nitrogens with zero attached hydrogens (tertiary/aromatic N) is 1. The normalized spacial score (nSPS) is 18.9. The lowest BCUT2D eigenvalue weighted by Crippen LogP contribution is -2.38. The minimum atomic E-state index is -1.03. The van der Waals surface area contributed by atoms with Crippen molar-refractivity contribution in [1.29, 1.82) is 0 Å². The van der Waals surface area contributed by atoms with Crippen LogP contribution in [0.15, 0.2) is 84.1 Å². The molecule has 0 fully saturated rings. The van der Waals surface area contributed by atoms with Crippen molar-refractivity contribution in [2.24, 2.45) is 0 Å². The molecule has 0 bridgehead atoms. The molecule has 0 unspecified atom stereocenters. The van der Waals surface area contributed by atoms with Gasteiger partial charge in [0.05, 0.1) is 23.8 Å². The Labute approximate surface area is 235 Å². The zero-order valence-electron chi connectivity index (χ0n) is 23.5. The average Bonchev–Trinajstić information content (AvgIpc) is 3.06. The fourth-order valence-electron chi connectivity index (χ4n) is 5.75. The zero-order chi connectivity index (χ0) is 28.6. The van der Waals surface area contributed by atoms with Crippen LogP contribution in [0.1, 0.15) is 80.7 Å². The van der Waals surface area contributed by atoms with Crippen molar-refractivity contribution < 1.29 is 19.5 Å². The molecular weight excluding hydrogens is 500 g/mol. The van der Waals surface area contributed by atoms with Crippen LogP contribution in [0.4, 0.5) is 11.4 Å². The van der Waals surface area contributed by atoms with Crippen molar-refractivity contribution in [3.8, 4) is 0 Å². The highest BCUT2D eigenvalue weighted by Crippen LogP contribution is 2.47. The summed E-state index contributed by atoms with van der Waals surface area (Å²) >= 11 is 0. The van der Waals surface area contributed by atoms with Crippen molar-refractivity contribution in [1.82, 2.24) is 0 Å². The van der Waals surface area contributed by atoms with Gasteiger partial charge in [0.2, 0.25) is 5.91 Å². The van der Waals surface area contributed by atoms with Crippen LogP contribution in [-0.2, 0) is 19.8 Å². The van der Waals surface area contributed by atoms with Gasteiger partial charge in [-0.2, -0.15) is 0 Å². The number of hydrogen-bond acceptors (Lipinski definition) is 4. The summed E-state index contributed by atoms with van der Waals surface area (Å²) in [6.07, 6.45) is 0.526. The van der Waals surface area contributed by atoms with E-state index < -0.39 is 12.0 Å². The van der Waals surface area contributed by atoms with Gasteiger partial charge in [-0.05, 0) is 53.5 Å². The highest BCUT2D eigenvalue weighted by Gasteiger charge is 2.41. The number of nitrogens with one attached hydrogen (secondary N) is 1. The van der Waals surface area contributed by atoms with Crippen LogP contribution >= 0.6 is 0 Å². The van der Waals surface area contributed by atoms with Crippen LogP contribution in [0.2, 0.25) is 0 Å². The van der Waals surface area contributed by atoms with Gasteiger partial charge >= 0.3 is 5.97 Å². The maximum absolute atomic E-state index is 14.1. The monoisotopic (exact) mass is 536 g/mol. The molecule has 5 rings (SSSR count). The minimum absolute atomic E-state index is 0.00642. The maximum Gasteiger partial charge on any atom is 0.303 e. The van der Waals surface area contributed by atoms with E-state index in [0.29, 0.717) is 24.1 Å². The number of para-hydroxylation sites is 2. The largest absolute Gasteiger partial charge is 0.481 e. The van der Waals surface area contributed by atoms with E-state index in [1.807, 2.05) is 55.5 Å². The molecule has 2 N–H and O–H groups in total. The number of hydrogen-bond donors (Lipinski definition) is 2. The first-order valence-corrected chi connectivity index (χ1v) is 13.9. The van der Waals surface area contributed by atoms with E-state index in [9.17, 15) is 19.5 Å². The van der Waals surface area contributed by atoms with Gasteiger partial charge in [0.25, 0.3) is 0 Å². The standard InChI is InChI=1S/C34H36N2O4/c1-21-9-11-23(12-10-21)33-32-27(19-24(20-29(32)37)22-13-15-25(16-14-22)34(2,3)4)35-26-7-5-6-8-28(26)36(33)30(38)17-18-31(39)40/h5-16,24,33,35H,17-20H2,1-4H3,(H,39,40)/t24-,33-/m0/s1. The summed E-state index contributed by atoms with van der Waals surface area (Å²) < 4.78 is 0. The number of aliphatic carboxylic acids is 1. The molecule has 1 heterocycles. The van der Waals surface area contributed by atoms with Gasteiger partial charge < -0.3 is 10.4 Å². The minimum Gasteiger partial charge on any atom is -0.481 e. The van der Waals surface area contributed by atoms with Gasteiger partial charge in [-0.15, -0.1) is 0 Å². The maximum atomic E-state index is 14.1. The average molecular weight is 537 g/mol. The Morgan fingerprint density at radius 1 is 0.900 bits per heavy atom. The third-order valence-electron chi connectivity index (χ3n) is 7.95. The molecule has 0 spiro atoms. The van der Waals surface area contributed by atoms with Gasteiger partial charge in [-0.3, -0.25) is 19.3 Å². The van der Waals surface area contributed by atoms with E-state index in [1.165, 1.54) is 5.56 Å². The molecule has 0 saturated carbocycles. The number of carboxylic acids is 1. The quantitative estimate of drug-likeness (QED) is 0.365. The van der Waals surface area contributed by atoms with Crippen molar-refractivity contribution in [3.05, 3.63) is 106 Å². The molecule has 40 heavy (non-hydrogen) atoms. The summed E-state index contributed by atoms with van der Waals surface area (Å²) in [7, 11) is 0. The molecule has 3 aromatic carbocycles. The van der Waals surface area contributed by atoms with Gasteiger partial charge in [0.15, 0.2) is 5.78 Å². The van der Waals surface area contributed by atoms with E-state index in [4.69, 9.17) is 0 Å². The number of fused-ring (bicyclic) bond motifs is 1. The Morgan fingerprint density at radius 3 is 2.20 bits per heavy atom. The van der Waals surface area contributed by atoms with Crippen LogP contribution in [0.25, 0.3) is 0 Å². The molecule has 3 aromatic rings. The third-order valence-corrected chi connectivity index (χ3v) is 7.95. The Kier molecular flexibility index (Phi) is 7.37. The lowest BCUT2D eigenvalue weighted by Gasteiger charge is -2.35. The molecule has 1 aliphatic heterocycles. The van der Waals surface area contributed by atoms with Crippen molar-refractivity contribution in [2.75, 3.05) is 10.2 Å². The molecule has 206 valence electrons. The smallest absolute Gasteiger partial charge is 0.303 e. The number of ketones is 1. The van der Waals surface area contributed by atoms with Gasteiger partial charge in [0, 0.05) is 24.1 Å². The molecule has 2 aliphatic rings. The summed E-state index contributed by atoms with van der Waals surface area (Å²) in [6, 6.07) is 23.3. The Morgan fingerprint density at radius 2 is 1.55 bits per heavy atom. The molecule has 1 amide bonds. The highest BCUT2D eigenvalue weighted by molar-refractivity contribution is 6.06. The lowest BCUT2D eigenvalue weighted by atomic mass is 9.77. The van der Waals surface area contributed by atoms with E-state index in [1.54, 1.807) is 4.90 Å². The first-order chi connectivity index (χ1) is 19.0. The number of amides is 1. The fourth-order valence-corrected chi connectivity index (χ4v) is 5.75. The van der Waals surface area contributed by atoms with Crippen molar-refractivity contribution in [2.45, 2.75) is 70.8 Å². The summed E-state index contributed by atoms with van der Waals surface area (Å²) in [5.74, 6) is -1.36. The summed E-state index contributed by atoms with van der Waals surface area (Å²) in [5.41, 5.74) is 7.05. The van der Waals surface area contributed by atoms with E-state index >= 15 is 0 Å². The number of carbonyl (C=O) groups excluding carboxylic acids is 2. The Bertz CT molecular complexity index is 1480. The number of anilines is 2. The molecule has 2 atom stereocenters. The van der Waals surface area contributed by atoms with Crippen LogP contribution in [-0.4, -0.2) is 22.8 Å². The number of aryl methyl sites for hydroxylation is 1. The second kappa shape index (κ2) is 10.8. The number of rotatable bonds is 5. The van der Waals surface area contributed by atoms with Crippen molar-refractivity contribution >= 4 is 29.0 Å².